The van der Waals surface area contributed by atoms with Crippen molar-refractivity contribution >= 4 is 63.0 Å². The summed E-state index contributed by atoms with van der Waals surface area (Å²) in [6.07, 6.45) is 0. The summed E-state index contributed by atoms with van der Waals surface area (Å²) in [6.45, 7) is 14.1. The number of furan rings is 1. The van der Waals surface area contributed by atoms with E-state index < -0.39 is 13.5 Å². The fourth-order valence-corrected chi connectivity index (χ4v) is 10.6. The summed E-state index contributed by atoms with van der Waals surface area (Å²) in [5.74, 6) is 0. The predicted molar refractivity (Wildman–Crippen MR) is 245 cm³/mol. The van der Waals surface area contributed by atoms with E-state index in [-0.39, 0.29) is 5.41 Å². The van der Waals surface area contributed by atoms with Crippen molar-refractivity contribution in [3.63, 3.8) is 0 Å². The SMILES string of the molecule is CC(C)(C)c1ccc(N(c2ccc([Si-](C)(C)C)cc2)c2cc3c(c4oc5ccccc5c24)-c2c(ccc4ccccc24)C3(c2ccccc2)c2ccccc2)cc1. The van der Waals surface area contributed by atoms with Crippen molar-refractivity contribution in [3.05, 3.63) is 204 Å². The van der Waals surface area contributed by atoms with E-state index in [1.165, 1.54) is 54.9 Å². The average molecular weight is 754 g/mol. The van der Waals surface area contributed by atoms with Crippen molar-refractivity contribution in [1.82, 2.24) is 0 Å². The highest BCUT2D eigenvalue weighted by atomic mass is 28.3. The second kappa shape index (κ2) is 12.9. The highest BCUT2D eigenvalue weighted by Crippen LogP contribution is 2.62. The van der Waals surface area contributed by atoms with Crippen LogP contribution >= 0.6 is 0 Å². The van der Waals surface area contributed by atoms with E-state index in [2.05, 4.69) is 221 Å². The van der Waals surface area contributed by atoms with E-state index in [4.69, 9.17) is 4.42 Å². The van der Waals surface area contributed by atoms with E-state index in [1.54, 1.807) is 0 Å². The Morgan fingerprint density at radius 2 is 1.09 bits per heavy atom. The van der Waals surface area contributed by atoms with Crippen LogP contribution in [-0.4, -0.2) is 8.07 Å². The van der Waals surface area contributed by atoms with Crippen LogP contribution in [0.1, 0.15) is 48.6 Å². The van der Waals surface area contributed by atoms with Crippen LogP contribution in [0.4, 0.5) is 17.1 Å². The van der Waals surface area contributed by atoms with Crippen molar-refractivity contribution in [2.45, 2.75) is 51.2 Å². The van der Waals surface area contributed by atoms with Gasteiger partial charge in [-0.2, -0.15) is 24.8 Å². The molecule has 10 rings (SSSR count). The summed E-state index contributed by atoms with van der Waals surface area (Å²) in [5.41, 5.74) is 13.2. The van der Waals surface area contributed by atoms with Gasteiger partial charge in [0.15, 0.2) is 0 Å². The normalized spacial score (nSPS) is 13.6. The summed E-state index contributed by atoms with van der Waals surface area (Å²) in [7, 11) is -1.55. The van der Waals surface area contributed by atoms with Gasteiger partial charge in [0.2, 0.25) is 0 Å². The first-order valence-electron chi connectivity index (χ1n) is 20.2. The third-order valence-corrected chi connectivity index (χ3v) is 14.3. The first-order valence-corrected chi connectivity index (χ1v) is 23.7. The number of para-hydroxylation sites is 1. The van der Waals surface area contributed by atoms with E-state index in [9.17, 15) is 0 Å². The Morgan fingerprint density at radius 1 is 0.526 bits per heavy atom. The van der Waals surface area contributed by atoms with Crippen LogP contribution < -0.4 is 10.1 Å². The van der Waals surface area contributed by atoms with Gasteiger partial charge in [0.25, 0.3) is 0 Å². The fraction of sp³-hybridized carbons (Fsp3) is 0.148. The number of nitrogens with zero attached hydrogens (tertiary/aromatic N) is 1. The molecule has 57 heavy (non-hydrogen) atoms. The zero-order valence-electron chi connectivity index (χ0n) is 33.6. The Morgan fingerprint density at radius 3 is 1.70 bits per heavy atom. The lowest BCUT2D eigenvalue weighted by Crippen LogP contribution is -2.37. The highest BCUT2D eigenvalue weighted by Gasteiger charge is 2.49. The maximum atomic E-state index is 7.24. The van der Waals surface area contributed by atoms with Gasteiger partial charge in [-0.25, -0.2) is 0 Å². The first kappa shape index (κ1) is 35.3. The summed E-state index contributed by atoms with van der Waals surface area (Å²) < 4.78 is 7.24. The second-order valence-corrected chi connectivity index (χ2v) is 22.8. The molecular formula is C54H47NOSi-. The molecule has 279 valence electrons. The van der Waals surface area contributed by atoms with Gasteiger partial charge in [-0.05, 0) is 86.0 Å². The summed E-state index contributed by atoms with van der Waals surface area (Å²) >= 11 is 0. The van der Waals surface area contributed by atoms with E-state index in [1.807, 2.05) is 0 Å². The second-order valence-electron chi connectivity index (χ2n) is 17.7. The van der Waals surface area contributed by atoms with Crippen molar-refractivity contribution in [2.75, 3.05) is 4.90 Å². The summed E-state index contributed by atoms with van der Waals surface area (Å²) in [4.78, 5) is 2.48. The Kier molecular flexibility index (Phi) is 8.01. The van der Waals surface area contributed by atoms with Gasteiger partial charge in [0.1, 0.15) is 11.2 Å². The molecule has 8 aromatic carbocycles. The van der Waals surface area contributed by atoms with Crippen LogP contribution in [0.5, 0.6) is 0 Å². The lowest BCUT2D eigenvalue weighted by atomic mass is 9.67. The molecule has 1 heterocycles. The van der Waals surface area contributed by atoms with Crippen molar-refractivity contribution in [3.8, 4) is 11.1 Å². The maximum Gasteiger partial charge on any atom is 0.145 e. The summed E-state index contributed by atoms with van der Waals surface area (Å²) in [6, 6.07) is 65.4. The minimum atomic E-state index is -1.55. The molecule has 0 spiro atoms. The zero-order chi connectivity index (χ0) is 39.1. The first-order chi connectivity index (χ1) is 27.5. The average Bonchev–Trinajstić information content (AvgIpc) is 3.76. The molecular weight excluding hydrogens is 707 g/mol. The number of hydrogen-bond donors (Lipinski definition) is 0. The van der Waals surface area contributed by atoms with Crippen LogP contribution in [0.15, 0.2) is 180 Å². The molecule has 1 aliphatic carbocycles. The van der Waals surface area contributed by atoms with Crippen LogP contribution in [-0.2, 0) is 10.8 Å². The van der Waals surface area contributed by atoms with Crippen molar-refractivity contribution < 1.29 is 4.42 Å². The maximum absolute atomic E-state index is 7.24. The lowest BCUT2D eigenvalue weighted by Gasteiger charge is -2.35. The fourth-order valence-electron chi connectivity index (χ4n) is 9.41. The molecule has 3 heteroatoms. The molecule has 0 radical (unpaired) electrons. The van der Waals surface area contributed by atoms with Crippen LogP contribution in [0.3, 0.4) is 0 Å². The lowest BCUT2D eigenvalue weighted by molar-refractivity contribution is 0.590. The van der Waals surface area contributed by atoms with Gasteiger partial charge in [-0.3, -0.25) is 0 Å². The topological polar surface area (TPSA) is 16.4 Å². The third kappa shape index (κ3) is 5.44. The zero-order valence-corrected chi connectivity index (χ0v) is 34.6. The van der Waals surface area contributed by atoms with Crippen LogP contribution in [0, 0.1) is 0 Å². The molecule has 0 amide bonds. The largest absolute Gasteiger partial charge is 0.455 e. The van der Waals surface area contributed by atoms with Gasteiger partial charge < -0.3 is 9.32 Å². The van der Waals surface area contributed by atoms with E-state index >= 15 is 0 Å². The summed E-state index contributed by atoms with van der Waals surface area (Å²) in [5, 5.41) is 6.12. The van der Waals surface area contributed by atoms with Crippen molar-refractivity contribution in [1.29, 1.82) is 0 Å². The molecule has 2 nitrogen and oxygen atoms in total. The molecule has 9 aromatic rings. The Hall–Kier alpha value is -6.16. The van der Waals surface area contributed by atoms with Gasteiger partial charge >= 0.3 is 0 Å². The van der Waals surface area contributed by atoms with Gasteiger partial charge in [0, 0.05) is 22.3 Å². The molecule has 1 aliphatic rings. The third-order valence-electron chi connectivity index (χ3n) is 12.3. The van der Waals surface area contributed by atoms with Crippen LogP contribution in [0.2, 0.25) is 19.6 Å². The monoisotopic (exact) mass is 753 g/mol. The molecule has 0 unspecified atom stereocenters. The molecule has 0 atom stereocenters. The number of rotatable bonds is 6. The number of hydrogen-bond acceptors (Lipinski definition) is 2. The minimum absolute atomic E-state index is 0.0312. The Bertz CT molecular complexity index is 2850. The number of fused-ring (bicyclic) bond motifs is 9. The van der Waals surface area contributed by atoms with E-state index in [0.29, 0.717) is 0 Å². The molecule has 0 N–H and O–H groups in total. The molecule has 1 aromatic heterocycles. The highest BCUT2D eigenvalue weighted by molar-refractivity contribution is 6.88. The molecule has 0 fully saturated rings. The quantitative estimate of drug-likeness (QED) is 0.157. The Labute approximate surface area is 337 Å². The van der Waals surface area contributed by atoms with Gasteiger partial charge in [0.05, 0.1) is 16.5 Å². The van der Waals surface area contributed by atoms with Crippen LogP contribution in [0.25, 0.3) is 43.8 Å². The number of benzene rings is 8. The smallest absolute Gasteiger partial charge is 0.145 e. The predicted octanol–water partition coefficient (Wildman–Crippen LogP) is 14.4. The molecule has 0 saturated heterocycles. The number of anilines is 3. The van der Waals surface area contributed by atoms with Gasteiger partial charge in [-0.15, -0.1) is 8.07 Å². The van der Waals surface area contributed by atoms with E-state index in [0.717, 1.165) is 39.0 Å². The molecule has 0 bridgehead atoms. The van der Waals surface area contributed by atoms with Crippen molar-refractivity contribution in [2.24, 2.45) is 0 Å². The van der Waals surface area contributed by atoms with Gasteiger partial charge in [-0.1, -0.05) is 160 Å². The minimum Gasteiger partial charge on any atom is -0.455 e. The standard InChI is InChI=1S/C54H47NOSi/c1-53(2,3)37-26-28-40(29-27-37)55(41-30-32-42(33-31-41)57(4,5)6)47-35-46-51(52-50(47)44-23-15-16-24-48(44)56-52)49-43-22-14-13-17-36(43)25-34-45(49)54(46,38-18-9-7-10-19-38)39-20-11-8-12-21-39/h7-35H,1-6H3/q-1. The Balaban J connectivity index is 1.40. The molecule has 0 saturated carbocycles. The molecule has 0 aliphatic heterocycles.